The van der Waals surface area contributed by atoms with Crippen LogP contribution in [0.1, 0.15) is 39.5 Å². The first kappa shape index (κ1) is 15.0. The van der Waals surface area contributed by atoms with E-state index in [4.69, 9.17) is 4.74 Å². The van der Waals surface area contributed by atoms with Gasteiger partial charge in [-0.05, 0) is 18.8 Å². The van der Waals surface area contributed by atoms with Crippen LogP contribution in [0.5, 0.6) is 0 Å². The third-order valence-corrected chi connectivity index (χ3v) is 3.16. The number of hydrogen-bond acceptors (Lipinski definition) is 3. The SMILES string of the molecule is CC(=O)NCCNC(=O)CO[C@H]1CCC[C@H](C)C1. The summed E-state index contributed by atoms with van der Waals surface area (Å²) in [6, 6.07) is 0. The lowest BCUT2D eigenvalue weighted by atomic mass is 9.89. The van der Waals surface area contributed by atoms with E-state index in [0.29, 0.717) is 19.0 Å². The normalized spacial score (nSPS) is 23.4. The first-order chi connectivity index (χ1) is 8.58. The summed E-state index contributed by atoms with van der Waals surface area (Å²) >= 11 is 0. The zero-order valence-corrected chi connectivity index (χ0v) is 11.3. The fourth-order valence-electron chi connectivity index (χ4n) is 2.21. The van der Waals surface area contributed by atoms with E-state index in [9.17, 15) is 9.59 Å². The minimum Gasteiger partial charge on any atom is -0.368 e. The highest BCUT2D eigenvalue weighted by Crippen LogP contribution is 2.25. The van der Waals surface area contributed by atoms with Gasteiger partial charge in [0.15, 0.2) is 0 Å². The minimum absolute atomic E-state index is 0.0864. The molecule has 1 aliphatic carbocycles. The largest absolute Gasteiger partial charge is 0.368 e. The molecule has 104 valence electrons. The van der Waals surface area contributed by atoms with Gasteiger partial charge in [-0.15, -0.1) is 0 Å². The van der Waals surface area contributed by atoms with Crippen LogP contribution in [-0.4, -0.2) is 37.6 Å². The molecule has 5 heteroatoms. The van der Waals surface area contributed by atoms with Crippen molar-refractivity contribution in [1.29, 1.82) is 0 Å². The van der Waals surface area contributed by atoms with Crippen LogP contribution in [0.25, 0.3) is 0 Å². The molecule has 0 spiro atoms. The van der Waals surface area contributed by atoms with E-state index in [1.165, 1.54) is 19.8 Å². The zero-order valence-electron chi connectivity index (χ0n) is 11.3. The number of amides is 2. The molecule has 2 N–H and O–H groups in total. The summed E-state index contributed by atoms with van der Waals surface area (Å²) < 4.78 is 5.59. The lowest BCUT2D eigenvalue weighted by molar-refractivity contribution is -0.128. The van der Waals surface area contributed by atoms with Crippen LogP contribution < -0.4 is 10.6 Å². The van der Waals surface area contributed by atoms with Gasteiger partial charge in [0.2, 0.25) is 11.8 Å². The van der Waals surface area contributed by atoms with Gasteiger partial charge in [-0.25, -0.2) is 0 Å². The van der Waals surface area contributed by atoms with Crippen molar-refractivity contribution in [3.05, 3.63) is 0 Å². The summed E-state index contributed by atoms with van der Waals surface area (Å²) in [7, 11) is 0. The van der Waals surface area contributed by atoms with Gasteiger partial charge in [0.1, 0.15) is 6.61 Å². The molecule has 5 nitrogen and oxygen atoms in total. The molecule has 0 aliphatic heterocycles. The molecule has 1 rings (SSSR count). The summed E-state index contributed by atoms with van der Waals surface area (Å²) in [5, 5.41) is 5.33. The van der Waals surface area contributed by atoms with Crippen LogP contribution in [-0.2, 0) is 14.3 Å². The van der Waals surface area contributed by atoms with Crippen molar-refractivity contribution in [2.45, 2.75) is 45.6 Å². The summed E-state index contributed by atoms with van der Waals surface area (Å²) in [6.45, 7) is 4.71. The highest BCUT2D eigenvalue weighted by molar-refractivity contribution is 5.77. The van der Waals surface area contributed by atoms with Gasteiger partial charge in [0, 0.05) is 20.0 Å². The third-order valence-electron chi connectivity index (χ3n) is 3.16. The minimum atomic E-state index is -0.112. The predicted octanol–water partition coefficient (Wildman–Crippen LogP) is 0.834. The Labute approximate surface area is 109 Å². The number of hydrogen-bond donors (Lipinski definition) is 2. The van der Waals surface area contributed by atoms with Gasteiger partial charge < -0.3 is 15.4 Å². The number of nitrogens with one attached hydrogen (secondary N) is 2. The Morgan fingerprint density at radius 2 is 1.94 bits per heavy atom. The molecule has 2 atom stereocenters. The van der Waals surface area contributed by atoms with Crippen LogP contribution in [0.3, 0.4) is 0 Å². The first-order valence-electron chi connectivity index (χ1n) is 6.70. The molecular weight excluding hydrogens is 232 g/mol. The second kappa shape index (κ2) is 8.08. The fourth-order valence-corrected chi connectivity index (χ4v) is 2.21. The van der Waals surface area contributed by atoms with Gasteiger partial charge in [-0.3, -0.25) is 9.59 Å². The quantitative estimate of drug-likeness (QED) is 0.692. The summed E-state index contributed by atoms with van der Waals surface area (Å²) in [6.07, 6.45) is 4.80. The summed E-state index contributed by atoms with van der Waals surface area (Å²) in [5.74, 6) is 0.502. The van der Waals surface area contributed by atoms with Crippen molar-refractivity contribution in [2.75, 3.05) is 19.7 Å². The molecule has 0 aromatic carbocycles. The van der Waals surface area contributed by atoms with E-state index in [-0.39, 0.29) is 24.5 Å². The van der Waals surface area contributed by atoms with Crippen LogP contribution in [0.4, 0.5) is 0 Å². The topological polar surface area (TPSA) is 67.4 Å². The third kappa shape index (κ3) is 6.59. The number of carbonyl (C=O) groups is 2. The number of ether oxygens (including phenoxy) is 1. The molecule has 0 radical (unpaired) electrons. The highest BCUT2D eigenvalue weighted by atomic mass is 16.5. The van der Waals surface area contributed by atoms with Gasteiger partial charge >= 0.3 is 0 Å². The van der Waals surface area contributed by atoms with Crippen molar-refractivity contribution in [3.63, 3.8) is 0 Å². The zero-order chi connectivity index (χ0) is 13.4. The Kier molecular flexibility index (Phi) is 6.72. The molecule has 0 saturated heterocycles. The Balaban J connectivity index is 2.04. The smallest absolute Gasteiger partial charge is 0.246 e. The van der Waals surface area contributed by atoms with Crippen molar-refractivity contribution in [2.24, 2.45) is 5.92 Å². The molecule has 0 unspecified atom stereocenters. The molecule has 0 aromatic heterocycles. The monoisotopic (exact) mass is 256 g/mol. The molecule has 1 saturated carbocycles. The Morgan fingerprint density at radius 3 is 2.61 bits per heavy atom. The van der Waals surface area contributed by atoms with Crippen LogP contribution in [0.2, 0.25) is 0 Å². The van der Waals surface area contributed by atoms with E-state index in [1.54, 1.807) is 0 Å². The average Bonchev–Trinajstić information content (AvgIpc) is 2.32. The Hall–Kier alpha value is -1.10. The lowest BCUT2D eigenvalue weighted by Crippen LogP contribution is -2.36. The second-order valence-corrected chi connectivity index (χ2v) is 5.04. The maximum atomic E-state index is 11.5. The van der Waals surface area contributed by atoms with Crippen molar-refractivity contribution in [1.82, 2.24) is 10.6 Å². The second-order valence-electron chi connectivity index (χ2n) is 5.04. The van der Waals surface area contributed by atoms with Crippen LogP contribution >= 0.6 is 0 Å². The first-order valence-corrected chi connectivity index (χ1v) is 6.70. The molecular formula is C13H24N2O3. The van der Waals surface area contributed by atoms with E-state index in [0.717, 1.165) is 12.8 Å². The number of rotatable bonds is 6. The maximum Gasteiger partial charge on any atom is 0.246 e. The average molecular weight is 256 g/mol. The molecule has 1 fully saturated rings. The van der Waals surface area contributed by atoms with Gasteiger partial charge in [0.05, 0.1) is 6.10 Å². The van der Waals surface area contributed by atoms with E-state index in [2.05, 4.69) is 17.6 Å². The molecule has 0 bridgehead atoms. The summed E-state index contributed by atoms with van der Waals surface area (Å²) in [4.78, 5) is 22.1. The van der Waals surface area contributed by atoms with Gasteiger partial charge in [-0.2, -0.15) is 0 Å². The van der Waals surface area contributed by atoms with Crippen molar-refractivity contribution >= 4 is 11.8 Å². The van der Waals surface area contributed by atoms with Crippen molar-refractivity contribution < 1.29 is 14.3 Å². The molecule has 2 amide bonds. The van der Waals surface area contributed by atoms with Crippen LogP contribution in [0, 0.1) is 5.92 Å². The highest BCUT2D eigenvalue weighted by Gasteiger charge is 2.19. The fraction of sp³-hybridized carbons (Fsp3) is 0.846. The predicted molar refractivity (Wildman–Crippen MR) is 69.1 cm³/mol. The van der Waals surface area contributed by atoms with E-state index >= 15 is 0 Å². The van der Waals surface area contributed by atoms with E-state index < -0.39 is 0 Å². The lowest BCUT2D eigenvalue weighted by Gasteiger charge is -2.26. The standard InChI is InChI=1S/C13H24N2O3/c1-10-4-3-5-12(8-10)18-9-13(17)15-7-6-14-11(2)16/h10,12H,3-9H2,1-2H3,(H,14,16)(H,15,17)/t10-,12-/m0/s1. The Morgan fingerprint density at radius 1 is 1.22 bits per heavy atom. The van der Waals surface area contributed by atoms with Crippen LogP contribution in [0.15, 0.2) is 0 Å². The number of carbonyl (C=O) groups excluding carboxylic acids is 2. The molecule has 1 aliphatic rings. The van der Waals surface area contributed by atoms with Gasteiger partial charge in [-0.1, -0.05) is 19.8 Å². The Bertz CT molecular complexity index is 281. The molecule has 18 heavy (non-hydrogen) atoms. The van der Waals surface area contributed by atoms with E-state index in [1.807, 2.05) is 0 Å². The maximum absolute atomic E-state index is 11.5. The molecule has 0 heterocycles. The van der Waals surface area contributed by atoms with Gasteiger partial charge in [0.25, 0.3) is 0 Å². The summed E-state index contributed by atoms with van der Waals surface area (Å²) in [5.41, 5.74) is 0. The molecule has 0 aromatic rings. The van der Waals surface area contributed by atoms with Crippen molar-refractivity contribution in [3.8, 4) is 0 Å².